The molecule has 0 aromatic carbocycles. The van der Waals surface area contributed by atoms with Crippen LogP contribution in [0.5, 0.6) is 0 Å². The SMILES string of the molecule is CCC(CCN)CCC(=O)Nc1ncc[nH]1. The number of amides is 1. The molecule has 0 aliphatic carbocycles. The number of nitrogens with two attached hydrogens (primary N) is 1. The van der Waals surface area contributed by atoms with E-state index in [0.29, 0.717) is 24.8 Å². The molecule has 0 radical (unpaired) electrons. The molecule has 5 heteroatoms. The van der Waals surface area contributed by atoms with Gasteiger partial charge >= 0.3 is 0 Å². The Balaban J connectivity index is 2.24. The summed E-state index contributed by atoms with van der Waals surface area (Å²) in [6, 6.07) is 0. The molecule has 0 saturated carbocycles. The summed E-state index contributed by atoms with van der Waals surface area (Å²) >= 11 is 0. The summed E-state index contributed by atoms with van der Waals surface area (Å²) in [5, 5.41) is 2.71. The molecule has 1 rings (SSSR count). The lowest BCUT2D eigenvalue weighted by Crippen LogP contribution is -2.15. The lowest BCUT2D eigenvalue weighted by molar-refractivity contribution is -0.116. The Bertz CT molecular complexity index is 297. The first-order chi connectivity index (χ1) is 7.76. The van der Waals surface area contributed by atoms with Crippen LogP contribution in [-0.2, 0) is 4.79 Å². The normalized spacial score (nSPS) is 12.4. The number of carbonyl (C=O) groups excluding carboxylic acids is 1. The second-order valence-corrected chi connectivity index (χ2v) is 3.88. The summed E-state index contributed by atoms with van der Waals surface area (Å²) < 4.78 is 0. The molecule has 4 N–H and O–H groups in total. The van der Waals surface area contributed by atoms with E-state index in [9.17, 15) is 4.79 Å². The molecule has 0 aliphatic rings. The zero-order chi connectivity index (χ0) is 11.8. The third kappa shape index (κ3) is 4.44. The fourth-order valence-electron chi connectivity index (χ4n) is 1.65. The summed E-state index contributed by atoms with van der Waals surface area (Å²) in [6.07, 6.45) is 6.77. The third-order valence-electron chi connectivity index (χ3n) is 2.69. The summed E-state index contributed by atoms with van der Waals surface area (Å²) in [7, 11) is 0. The van der Waals surface area contributed by atoms with Gasteiger partial charge < -0.3 is 10.7 Å². The predicted molar refractivity (Wildman–Crippen MR) is 63.9 cm³/mol. The highest BCUT2D eigenvalue weighted by Crippen LogP contribution is 2.14. The second kappa shape index (κ2) is 7.00. The zero-order valence-corrected chi connectivity index (χ0v) is 9.70. The zero-order valence-electron chi connectivity index (χ0n) is 9.70. The molecule has 1 aromatic rings. The van der Waals surface area contributed by atoms with Crippen LogP contribution in [0.15, 0.2) is 12.4 Å². The molecule has 0 fully saturated rings. The Morgan fingerprint density at radius 1 is 1.62 bits per heavy atom. The van der Waals surface area contributed by atoms with Gasteiger partial charge in [0.25, 0.3) is 0 Å². The number of aromatic nitrogens is 2. The average molecular weight is 224 g/mol. The maximum Gasteiger partial charge on any atom is 0.226 e. The minimum Gasteiger partial charge on any atom is -0.331 e. The quantitative estimate of drug-likeness (QED) is 0.656. The standard InChI is InChI=1S/C11H20N4O/c1-2-9(5-6-12)3-4-10(16)15-11-13-7-8-14-11/h7-9H,2-6,12H2,1H3,(H2,13,14,15,16). The van der Waals surface area contributed by atoms with Crippen molar-refractivity contribution in [2.75, 3.05) is 11.9 Å². The molecule has 1 amide bonds. The molecule has 1 aromatic heterocycles. The Labute approximate surface area is 95.8 Å². The van der Waals surface area contributed by atoms with Gasteiger partial charge in [0.15, 0.2) is 0 Å². The molecule has 5 nitrogen and oxygen atoms in total. The van der Waals surface area contributed by atoms with Crippen molar-refractivity contribution in [3.05, 3.63) is 12.4 Å². The largest absolute Gasteiger partial charge is 0.331 e. The van der Waals surface area contributed by atoms with Gasteiger partial charge in [0, 0.05) is 18.8 Å². The highest BCUT2D eigenvalue weighted by Gasteiger charge is 2.09. The minimum atomic E-state index is 0.00502. The van der Waals surface area contributed by atoms with Gasteiger partial charge in [0.1, 0.15) is 0 Å². The van der Waals surface area contributed by atoms with Crippen molar-refractivity contribution < 1.29 is 4.79 Å². The topological polar surface area (TPSA) is 83.8 Å². The maximum atomic E-state index is 11.5. The summed E-state index contributed by atoms with van der Waals surface area (Å²) in [5.74, 6) is 1.06. The Morgan fingerprint density at radius 2 is 2.44 bits per heavy atom. The molecule has 0 aliphatic heterocycles. The number of H-pyrrole nitrogens is 1. The van der Waals surface area contributed by atoms with E-state index < -0.39 is 0 Å². The molecular weight excluding hydrogens is 204 g/mol. The van der Waals surface area contributed by atoms with Crippen LogP contribution < -0.4 is 11.1 Å². The van der Waals surface area contributed by atoms with Crippen LogP contribution in [-0.4, -0.2) is 22.4 Å². The van der Waals surface area contributed by atoms with Gasteiger partial charge in [-0.2, -0.15) is 0 Å². The van der Waals surface area contributed by atoms with Gasteiger partial charge in [-0.1, -0.05) is 13.3 Å². The van der Waals surface area contributed by atoms with Crippen LogP contribution in [0, 0.1) is 5.92 Å². The lowest BCUT2D eigenvalue weighted by atomic mass is 9.96. The number of aromatic amines is 1. The lowest BCUT2D eigenvalue weighted by Gasteiger charge is -2.12. The first-order valence-corrected chi connectivity index (χ1v) is 5.75. The number of imidazole rings is 1. The number of hydrogen-bond acceptors (Lipinski definition) is 3. The van der Waals surface area contributed by atoms with Crippen molar-refractivity contribution in [2.24, 2.45) is 11.7 Å². The van der Waals surface area contributed by atoms with Crippen LogP contribution in [0.25, 0.3) is 0 Å². The molecule has 1 heterocycles. The number of hydrogen-bond donors (Lipinski definition) is 3. The van der Waals surface area contributed by atoms with Gasteiger partial charge in [0.05, 0.1) is 0 Å². The molecule has 0 saturated heterocycles. The first kappa shape index (κ1) is 12.7. The van der Waals surface area contributed by atoms with Crippen LogP contribution in [0.3, 0.4) is 0 Å². The van der Waals surface area contributed by atoms with E-state index in [0.717, 1.165) is 19.3 Å². The molecule has 16 heavy (non-hydrogen) atoms. The Kier molecular flexibility index (Phi) is 5.56. The van der Waals surface area contributed by atoms with E-state index in [1.54, 1.807) is 12.4 Å². The van der Waals surface area contributed by atoms with Gasteiger partial charge in [-0.05, 0) is 25.3 Å². The van der Waals surface area contributed by atoms with Gasteiger partial charge in [-0.15, -0.1) is 0 Å². The van der Waals surface area contributed by atoms with Crippen molar-refractivity contribution in [3.63, 3.8) is 0 Å². The molecule has 90 valence electrons. The summed E-state index contributed by atoms with van der Waals surface area (Å²) in [4.78, 5) is 18.3. The number of carbonyl (C=O) groups is 1. The minimum absolute atomic E-state index is 0.00502. The highest BCUT2D eigenvalue weighted by molar-refractivity contribution is 5.88. The monoisotopic (exact) mass is 224 g/mol. The number of rotatable bonds is 7. The fourth-order valence-corrected chi connectivity index (χ4v) is 1.65. The van der Waals surface area contributed by atoms with Gasteiger partial charge in [-0.3, -0.25) is 10.1 Å². The summed E-state index contributed by atoms with van der Waals surface area (Å²) in [6.45, 7) is 2.82. The molecular formula is C11H20N4O. The van der Waals surface area contributed by atoms with Crippen LogP contribution >= 0.6 is 0 Å². The average Bonchev–Trinajstić information content (AvgIpc) is 2.76. The maximum absolute atomic E-state index is 11.5. The van der Waals surface area contributed by atoms with Crippen LogP contribution in [0.1, 0.15) is 32.6 Å². The number of anilines is 1. The van der Waals surface area contributed by atoms with Crippen molar-refractivity contribution in [2.45, 2.75) is 32.6 Å². The fraction of sp³-hybridized carbons (Fsp3) is 0.636. The van der Waals surface area contributed by atoms with Gasteiger partial charge in [0.2, 0.25) is 11.9 Å². The van der Waals surface area contributed by atoms with E-state index in [2.05, 4.69) is 22.2 Å². The smallest absolute Gasteiger partial charge is 0.226 e. The Hall–Kier alpha value is -1.36. The summed E-state index contributed by atoms with van der Waals surface area (Å²) in [5.41, 5.74) is 5.51. The van der Waals surface area contributed by atoms with E-state index in [4.69, 9.17) is 5.73 Å². The molecule has 0 bridgehead atoms. The molecule has 1 atom stereocenters. The van der Waals surface area contributed by atoms with Crippen molar-refractivity contribution >= 4 is 11.9 Å². The first-order valence-electron chi connectivity index (χ1n) is 5.75. The predicted octanol–water partition coefficient (Wildman–Crippen LogP) is 1.50. The molecule has 0 spiro atoms. The van der Waals surface area contributed by atoms with Crippen LogP contribution in [0.2, 0.25) is 0 Å². The van der Waals surface area contributed by atoms with Crippen LogP contribution in [0.4, 0.5) is 5.95 Å². The van der Waals surface area contributed by atoms with E-state index in [1.165, 1.54) is 0 Å². The second-order valence-electron chi connectivity index (χ2n) is 3.88. The third-order valence-corrected chi connectivity index (χ3v) is 2.69. The van der Waals surface area contributed by atoms with E-state index in [-0.39, 0.29) is 5.91 Å². The number of nitrogens with zero attached hydrogens (tertiary/aromatic N) is 1. The van der Waals surface area contributed by atoms with E-state index in [1.807, 2.05) is 0 Å². The molecule has 1 unspecified atom stereocenters. The van der Waals surface area contributed by atoms with Gasteiger partial charge in [-0.25, -0.2) is 4.98 Å². The van der Waals surface area contributed by atoms with Crippen molar-refractivity contribution in [1.29, 1.82) is 0 Å². The number of nitrogens with one attached hydrogen (secondary N) is 2. The van der Waals surface area contributed by atoms with Crippen molar-refractivity contribution in [1.82, 2.24) is 9.97 Å². The van der Waals surface area contributed by atoms with E-state index >= 15 is 0 Å². The Morgan fingerprint density at radius 3 is 3.00 bits per heavy atom. The van der Waals surface area contributed by atoms with Crippen molar-refractivity contribution in [3.8, 4) is 0 Å². The highest BCUT2D eigenvalue weighted by atomic mass is 16.1.